The zero-order valence-electron chi connectivity index (χ0n) is 14.6. The summed E-state index contributed by atoms with van der Waals surface area (Å²) in [7, 11) is 1.81. The number of amides is 2. The number of aliphatic hydroxyl groups is 1. The van der Waals surface area contributed by atoms with Crippen molar-refractivity contribution in [1.29, 1.82) is 0 Å². The van der Waals surface area contributed by atoms with Crippen LogP contribution in [0, 0.1) is 11.3 Å². The van der Waals surface area contributed by atoms with Crippen molar-refractivity contribution in [3.05, 3.63) is 35.9 Å². The van der Waals surface area contributed by atoms with Crippen LogP contribution in [0.2, 0.25) is 0 Å². The lowest BCUT2D eigenvalue weighted by atomic mass is 9.86. The quantitative estimate of drug-likeness (QED) is 0.847. The maximum Gasteiger partial charge on any atom is 0.317 e. The summed E-state index contributed by atoms with van der Waals surface area (Å²) in [6.45, 7) is 5.60. The third-order valence-corrected chi connectivity index (χ3v) is 4.72. The Kier molecular flexibility index (Phi) is 6.05. The highest BCUT2D eigenvalue weighted by Crippen LogP contribution is 2.26. The van der Waals surface area contributed by atoms with Crippen molar-refractivity contribution < 1.29 is 9.90 Å². The highest BCUT2D eigenvalue weighted by atomic mass is 16.3. The Bertz CT molecular complexity index is 501. The summed E-state index contributed by atoms with van der Waals surface area (Å²) in [6.07, 6.45) is 3.62. The van der Waals surface area contributed by atoms with Gasteiger partial charge in [-0.2, -0.15) is 0 Å². The van der Waals surface area contributed by atoms with Crippen LogP contribution in [0.1, 0.15) is 38.7 Å². The predicted molar refractivity (Wildman–Crippen MR) is 93.3 cm³/mol. The lowest BCUT2D eigenvalue weighted by Gasteiger charge is -2.28. The molecule has 1 fully saturated rings. The van der Waals surface area contributed by atoms with E-state index in [1.165, 1.54) is 5.56 Å². The fraction of sp³-hybridized carbons (Fsp3) is 0.632. The van der Waals surface area contributed by atoms with Gasteiger partial charge >= 0.3 is 6.03 Å². The fourth-order valence-corrected chi connectivity index (χ4v) is 3.33. The number of hydrogen-bond acceptors (Lipinski definition) is 2. The van der Waals surface area contributed by atoms with Crippen molar-refractivity contribution in [3.63, 3.8) is 0 Å². The molecule has 0 spiro atoms. The summed E-state index contributed by atoms with van der Waals surface area (Å²) in [6, 6.07) is 10.3. The van der Waals surface area contributed by atoms with E-state index < -0.39 is 0 Å². The standard InChI is InChI=1S/C19H30N2O2/c1-19(2,12-15-8-5-4-6-9-15)14-20-18(23)21(3)13-16-10-7-11-17(16)22/h4-6,8-9,16-17,22H,7,10-14H2,1-3H3,(H,20,23). The number of nitrogens with one attached hydrogen (secondary N) is 1. The van der Waals surface area contributed by atoms with E-state index in [4.69, 9.17) is 0 Å². The van der Waals surface area contributed by atoms with Crippen LogP contribution >= 0.6 is 0 Å². The van der Waals surface area contributed by atoms with Crippen LogP contribution in [-0.2, 0) is 6.42 Å². The van der Waals surface area contributed by atoms with Crippen LogP contribution in [-0.4, -0.2) is 42.3 Å². The van der Waals surface area contributed by atoms with Crippen molar-refractivity contribution in [1.82, 2.24) is 10.2 Å². The molecule has 1 aromatic carbocycles. The second-order valence-electron chi connectivity index (χ2n) is 7.62. The summed E-state index contributed by atoms with van der Waals surface area (Å²) < 4.78 is 0. The summed E-state index contributed by atoms with van der Waals surface area (Å²) in [5.74, 6) is 0.225. The maximum atomic E-state index is 12.3. The number of urea groups is 1. The molecule has 2 amide bonds. The molecule has 23 heavy (non-hydrogen) atoms. The van der Waals surface area contributed by atoms with Gasteiger partial charge in [0.25, 0.3) is 0 Å². The van der Waals surface area contributed by atoms with E-state index in [2.05, 4.69) is 31.3 Å². The van der Waals surface area contributed by atoms with E-state index in [1.807, 2.05) is 25.2 Å². The molecule has 1 aliphatic carbocycles. The smallest absolute Gasteiger partial charge is 0.317 e. The number of carbonyl (C=O) groups excluding carboxylic acids is 1. The number of carbonyl (C=O) groups is 1. The number of aliphatic hydroxyl groups excluding tert-OH is 1. The number of nitrogens with zero attached hydrogens (tertiary/aromatic N) is 1. The molecule has 128 valence electrons. The Morgan fingerprint density at radius 1 is 1.30 bits per heavy atom. The molecule has 0 aromatic heterocycles. The van der Waals surface area contributed by atoms with Gasteiger partial charge in [-0.3, -0.25) is 0 Å². The van der Waals surface area contributed by atoms with Crippen molar-refractivity contribution in [2.24, 2.45) is 11.3 Å². The fourth-order valence-electron chi connectivity index (χ4n) is 3.33. The van der Waals surface area contributed by atoms with Gasteiger partial charge in [0.1, 0.15) is 0 Å². The maximum absolute atomic E-state index is 12.3. The van der Waals surface area contributed by atoms with Crippen LogP contribution in [0.25, 0.3) is 0 Å². The SMILES string of the molecule is CN(CC1CCCC1O)C(=O)NCC(C)(C)Cc1ccccc1. The molecule has 2 atom stereocenters. The highest BCUT2D eigenvalue weighted by Gasteiger charge is 2.28. The van der Waals surface area contributed by atoms with Gasteiger partial charge in [0.05, 0.1) is 6.10 Å². The van der Waals surface area contributed by atoms with E-state index in [9.17, 15) is 9.90 Å². The normalized spacial score (nSPS) is 21.2. The molecule has 0 bridgehead atoms. The first-order valence-electron chi connectivity index (χ1n) is 8.58. The molecule has 0 radical (unpaired) electrons. The molecule has 0 saturated heterocycles. The van der Waals surface area contributed by atoms with Crippen molar-refractivity contribution in [3.8, 4) is 0 Å². The predicted octanol–water partition coefficient (Wildman–Crippen LogP) is 3.06. The van der Waals surface area contributed by atoms with Crippen molar-refractivity contribution >= 4 is 6.03 Å². The third kappa shape index (κ3) is 5.54. The van der Waals surface area contributed by atoms with Gasteiger partial charge in [0.2, 0.25) is 0 Å². The monoisotopic (exact) mass is 318 g/mol. The molecule has 4 heteroatoms. The summed E-state index contributed by atoms with van der Waals surface area (Å²) in [4.78, 5) is 14.0. The van der Waals surface area contributed by atoms with E-state index in [0.29, 0.717) is 13.1 Å². The molecule has 2 rings (SSSR count). The molecule has 0 aliphatic heterocycles. The molecule has 2 unspecified atom stereocenters. The number of rotatable bonds is 6. The zero-order valence-corrected chi connectivity index (χ0v) is 14.6. The number of hydrogen-bond donors (Lipinski definition) is 2. The molecular weight excluding hydrogens is 288 g/mol. The van der Waals surface area contributed by atoms with E-state index in [1.54, 1.807) is 4.90 Å². The topological polar surface area (TPSA) is 52.6 Å². The van der Waals surface area contributed by atoms with Gasteiger partial charge < -0.3 is 15.3 Å². The molecule has 1 saturated carbocycles. The second-order valence-corrected chi connectivity index (χ2v) is 7.62. The Morgan fingerprint density at radius 2 is 2.00 bits per heavy atom. The van der Waals surface area contributed by atoms with Gasteiger partial charge in [-0.1, -0.05) is 50.6 Å². The Balaban J connectivity index is 1.78. The van der Waals surface area contributed by atoms with Crippen molar-refractivity contribution in [2.45, 2.75) is 45.6 Å². The largest absolute Gasteiger partial charge is 0.393 e. The highest BCUT2D eigenvalue weighted by molar-refractivity contribution is 5.73. The lowest BCUT2D eigenvalue weighted by molar-refractivity contribution is 0.113. The Morgan fingerprint density at radius 3 is 2.61 bits per heavy atom. The van der Waals surface area contributed by atoms with Crippen LogP contribution in [0.3, 0.4) is 0 Å². The Labute approximate surface area is 139 Å². The molecular formula is C19H30N2O2. The molecule has 2 N–H and O–H groups in total. The summed E-state index contributed by atoms with van der Waals surface area (Å²) in [5.41, 5.74) is 1.29. The average molecular weight is 318 g/mol. The first-order valence-corrected chi connectivity index (χ1v) is 8.58. The lowest BCUT2D eigenvalue weighted by Crippen LogP contribution is -2.44. The van der Waals surface area contributed by atoms with E-state index in [0.717, 1.165) is 25.7 Å². The van der Waals surface area contributed by atoms with Gasteiger partial charge in [-0.15, -0.1) is 0 Å². The van der Waals surface area contributed by atoms with E-state index in [-0.39, 0.29) is 23.5 Å². The first kappa shape index (κ1) is 17.8. The van der Waals surface area contributed by atoms with Gasteiger partial charge in [-0.05, 0) is 30.2 Å². The molecule has 0 heterocycles. The molecule has 1 aromatic rings. The minimum absolute atomic E-state index is 0.00469. The summed E-state index contributed by atoms with van der Waals surface area (Å²) in [5, 5.41) is 12.9. The minimum Gasteiger partial charge on any atom is -0.393 e. The minimum atomic E-state index is -0.250. The molecule has 1 aliphatic rings. The van der Waals surface area contributed by atoms with Gasteiger partial charge in [-0.25, -0.2) is 4.79 Å². The van der Waals surface area contributed by atoms with Gasteiger partial charge in [0, 0.05) is 26.1 Å². The second kappa shape index (κ2) is 7.82. The summed E-state index contributed by atoms with van der Waals surface area (Å²) >= 11 is 0. The zero-order chi connectivity index (χ0) is 16.9. The Hall–Kier alpha value is -1.55. The first-order chi connectivity index (χ1) is 10.9. The van der Waals surface area contributed by atoms with Crippen LogP contribution in [0.5, 0.6) is 0 Å². The third-order valence-electron chi connectivity index (χ3n) is 4.72. The van der Waals surface area contributed by atoms with Crippen LogP contribution in [0.4, 0.5) is 4.79 Å². The van der Waals surface area contributed by atoms with Gasteiger partial charge in [0.15, 0.2) is 0 Å². The number of benzene rings is 1. The van der Waals surface area contributed by atoms with Crippen LogP contribution in [0.15, 0.2) is 30.3 Å². The van der Waals surface area contributed by atoms with E-state index >= 15 is 0 Å². The van der Waals surface area contributed by atoms with Crippen molar-refractivity contribution in [2.75, 3.05) is 20.1 Å². The average Bonchev–Trinajstić information content (AvgIpc) is 2.90. The van der Waals surface area contributed by atoms with Crippen LogP contribution < -0.4 is 5.32 Å². The molecule has 4 nitrogen and oxygen atoms in total.